The lowest BCUT2D eigenvalue weighted by Gasteiger charge is -2.20. The van der Waals surface area contributed by atoms with E-state index >= 15 is 0 Å². The minimum absolute atomic E-state index is 0. The summed E-state index contributed by atoms with van der Waals surface area (Å²) in [6.45, 7) is 1.50. The summed E-state index contributed by atoms with van der Waals surface area (Å²) in [5.74, 6) is -0.0334. The lowest BCUT2D eigenvalue weighted by Crippen LogP contribution is -2.38. The fourth-order valence-corrected chi connectivity index (χ4v) is 2.54. The van der Waals surface area contributed by atoms with Crippen molar-refractivity contribution >= 4 is 29.9 Å². The molecule has 0 saturated carbocycles. The van der Waals surface area contributed by atoms with Gasteiger partial charge in [0, 0.05) is 18.7 Å². The summed E-state index contributed by atoms with van der Waals surface area (Å²) in [7, 11) is 1.64. The number of amides is 1. The van der Waals surface area contributed by atoms with Crippen LogP contribution in [-0.2, 0) is 16.0 Å². The second kappa shape index (κ2) is 11.9. The highest BCUT2D eigenvalue weighted by Crippen LogP contribution is 2.19. The molecule has 0 radical (unpaired) electrons. The number of rotatable bonds is 9. The van der Waals surface area contributed by atoms with E-state index in [1.54, 1.807) is 7.11 Å². The van der Waals surface area contributed by atoms with Crippen molar-refractivity contribution in [2.45, 2.75) is 12.5 Å². The molecule has 2 aromatic carbocycles. The first-order valence-electron chi connectivity index (χ1n) is 7.97. The van der Waals surface area contributed by atoms with Gasteiger partial charge in [-0.25, -0.2) is 0 Å². The van der Waals surface area contributed by atoms with E-state index in [-0.39, 0.29) is 30.9 Å². The molecular formula is C19H24Cl2N2O2. The zero-order chi connectivity index (χ0) is 17.2. The van der Waals surface area contributed by atoms with Crippen LogP contribution in [0, 0.1) is 0 Å². The summed E-state index contributed by atoms with van der Waals surface area (Å²) in [4.78, 5) is 12.2. The average Bonchev–Trinajstić information content (AvgIpc) is 2.61. The minimum atomic E-state index is -0.0795. The normalized spacial score (nSPS) is 11.4. The standard InChI is InChI=1S/C19H23ClN2O2.ClH/c1-24-12-11-21-14-19(23)22-18(16-5-3-2-4-6-16)13-15-7-9-17(20)10-8-15;/h2-10,18,21H,11-14H2,1H3,(H,22,23);1H. The Bertz CT molecular complexity index is 621. The first-order valence-corrected chi connectivity index (χ1v) is 8.35. The number of nitrogens with one attached hydrogen (secondary N) is 2. The van der Waals surface area contributed by atoms with Crippen molar-refractivity contribution in [3.63, 3.8) is 0 Å². The Balaban J connectivity index is 0.00000312. The number of benzene rings is 2. The third-order valence-corrected chi connectivity index (χ3v) is 3.91. The molecule has 0 aromatic heterocycles. The number of carbonyl (C=O) groups excluding carboxylic acids is 1. The summed E-state index contributed by atoms with van der Waals surface area (Å²) in [5.41, 5.74) is 2.21. The summed E-state index contributed by atoms with van der Waals surface area (Å²) in [6.07, 6.45) is 0.713. The van der Waals surface area contributed by atoms with E-state index in [1.807, 2.05) is 54.6 Å². The number of hydrogen-bond donors (Lipinski definition) is 2. The van der Waals surface area contributed by atoms with Gasteiger partial charge in [-0.3, -0.25) is 4.79 Å². The largest absolute Gasteiger partial charge is 0.383 e. The van der Waals surface area contributed by atoms with Gasteiger partial charge in [0.25, 0.3) is 0 Å². The molecule has 2 aromatic rings. The molecule has 0 aliphatic carbocycles. The molecule has 1 amide bonds. The maximum absolute atomic E-state index is 12.2. The fourth-order valence-electron chi connectivity index (χ4n) is 2.42. The number of ether oxygens (including phenoxy) is 1. The molecule has 0 bridgehead atoms. The monoisotopic (exact) mass is 382 g/mol. The molecule has 6 heteroatoms. The fraction of sp³-hybridized carbons (Fsp3) is 0.316. The predicted molar refractivity (Wildman–Crippen MR) is 104 cm³/mol. The van der Waals surface area contributed by atoms with E-state index in [1.165, 1.54) is 0 Å². The molecule has 0 aliphatic heterocycles. The molecule has 0 saturated heterocycles. The highest BCUT2D eigenvalue weighted by Gasteiger charge is 2.15. The highest BCUT2D eigenvalue weighted by atomic mass is 35.5. The summed E-state index contributed by atoms with van der Waals surface area (Å²) in [6, 6.07) is 17.6. The van der Waals surface area contributed by atoms with Gasteiger partial charge in [-0.15, -0.1) is 12.4 Å². The van der Waals surface area contributed by atoms with Gasteiger partial charge < -0.3 is 15.4 Å². The van der Waals surface area contributed by atoms with E-state index in [0.29, 0.717) is 24.6 Å². The first kappa shape index (κ1) is 21.5. The van der Waals surface area contributed by atoms with Crippen molar-refractivity contribution in [3.05, 3.63) is 70.7 Å². The van der Waals surface area contributed by atoms with Gasteiger partial charge in [0.05, 0.1) is 19.2 Å². The lowest BCUT2D eigenvalue weighted by atomic mass is 9.99. The Hall–Kier alpha value is -1.59. The predicted octanol–water partition coefficient (Wildman–Crippen LogP) is 3.40. The Kier molecular flexibility index (Phi) is 10.2. The molecule has 25 heavy (non-hydrogen) atoms. The highest BCUT2D eigenvalue weighted by molar-refractivity contribution is 6.30. The Morgan fingerprint density at radius 2 is 1.80 bits per heavy atom. The van der Waals surface area contributed by atoms with E-state index in [9.17, 15) is 4.79 Å². The minimum Gasteiger partial charge on any atom is -0.383 e. The number of carbonyl (C=O) groups is 1. The molecule has 1 atom stereocenters. The van der Waals surface area contributed by atoms with Crippen LogP contribution in [0.2, 0.25) is 5.02 Å². The smallest absolute Gasteiger partial charge is 0.234 e. The lowest BCUT2D eigenvalue weighted by molar-refractivity contribution is -0.121. The molecule has 0 aliphatic rings. The molecule has 4 nitrogen and oxygen atoms in total. The Labute approximate surface area is 160 Å². The molecule has 2 rings (SSSR count). The Morgan fingerprint density at radius 1 is 1.12 bits per heavy atom. The van der Waals surface area contributed by atoms with Gasteiger partial charge >= 0.3 is 0 Å². The van der Waals surface area contributed by atoms with Crippen LogP contribution in [0.25, 0.3) is 0 Å². The third-order valence-electron chi connectivity index (χ3n) is 3.66. The molecule has 1 unspecified atom stereocenters. The summed E-state index contributed by atoms with van der Waals surface area (Å²) < 4.78 is 4.96. The number of hydrogen-bond acceptors (Lipinski definition) is 3. The van der Waals surface area contributed by atoms with Crippen LogP contribution in [0.5, 0.6) is 0 Å². The second-order valence-electron chi connectivity index (χ2n) is 5.53. The van der Waals surface area contributed by atoms with Crippen molar-refractivity contribution < 1.29 is 9.53 Å². The molecule has 136 valence electrons. The van der Waals surface area contributed by atoms with E-state index < -0.39 is 0 Å². The summed E-state index contributed by atoms with van der Waals surface area (Å²) in [5, 5.41) is 6.87. The Morgan fingerprint density at radius 3 is 2.44 bits per heavy atom. The van der Waals surface area contributed by atoms with Gasteiger partial charge in [0.1, 0.15) is 0 Å². The van der Waals surface area contributed by atoms with Crippen LogP contribution < -0.4 is 10.6 Å². The van der Waals surface area contributed by atoms with Crippen LogP contribution in [-0.4, -0.2) is 32.7 Å². The van der Waals surface area contributed by atoms with Gasteiger partial charge in [-0.2, -0.15) is 0 Å². The average molecular weight is 383 g/mol. The van der Waals surface area contributed by atoms with Crippen molar-refractivity contribution in [2.24, 2.45) is 0 Å². The van der Waals surface area contributed by atoms with Crippen molar-refractivity contribution in [3.8, 4) is 0 Å². The zero-order valence-corrected chi connectivity index (χ0v) is 15.8. The number of halogens is 2. The van der Waals surface area contributed by atoms with Crippen molar-refractivity contribution in [2.75, 3.05) is 26.8 Å². The van der Waals surface area contributed by atoms with Gasteiger partial charge in [-0.1, -0.05) is 54.1 Å². The topological polar surface area (TPSA) is 50.4 Å². The van der Waals surface area contributed by atoms with Crippen LogP contribution in [0.15, 0.2) is 54.6 Å². The SMILES string of the molecule is COCCNCC(=O)NC(Cc1ccc(Cl)cc1)c1ccccc1.Cl. The second-order valence-corrected chi connectivity index (χ2v) is 5.97. The first-order chi connectivity index (χ1) is 11.7. The van der Waals surface area contributed by atoms with Crippen LogP contribution in [0.4, 0.5) is 0 Å². The molecule has 2 N–H and O–H groups in total. The summed E-state index contributed by atoms with van der Waals surface area (Å²) >= 11 is 5.94. The van der Waals surface area contributed by atoms with Gasteiger partial charge in [-0.05, 0) is 29.7 Å². The van der Waals surface area contributed by atoms with Gasteiger partial charge in [0.15, 0.2) is 0 Å². The maximum atomic E-state index is 12.2. The van der Waals surface area contributed by atoms with E-state index in [2.05, 4.69) is 10.6 Å². The zero-order valence-electron chi connectivity index (χ0n) is 14.2. The maximum Gasteiger partial charge on any atom is 0.234 e. The van der Waals surface area contributed by atoms with Crippen LogP contribution >= 0.6 is 24.0 Å². The van der Waals surface area contributed by atoms with Crippen molar-refractivity contribution in [1.82, 2.24) is 10.6 Å². The number of methoxy groups -OCH3 is 1. The van der Waals surface area contributed by atoms with E-state index in [0.717, 1.165) is 11.1 Å². The molecule has 0 fully saturated rings. The quantitative estimate of drug-likeness (QED) is 0.653. The molecular weight excluding hydrogens is 359 g/mol. The van der Waals surface area contributed by atoms with Crippen molar-refractivity contribution in [1.29, 1.82) is 0 Å². The van der Waals surface area contributed by atoms with Gasteiger partial charge in [0.2, 0.25) is 5.91 Å². The van der Waals surface area contributed by atoms with Crippen LogP contribution in [0.1, 0.15) is 17.2 Å². The molecule has 0 spiro atoms. The third kappa shape index (κ3) is 7.88. The molecule has 0 heterocycles. The van der Waals surface area contributed by atoms with Crippen LogP contribution in [0.3, 0.4) is 0 Å². The van der Waals surface area contributed by atoms with E-state index in [4.69, 9.17) is 16.3 Å².